The zero-order valence-electron chi connectivity index (χ0n) is 14.4. The normalized spacial score (nSPS) is 15.6. The van der Waals surface area contributed by atoms with Gasteiger partial charge in [0.1, 0.15) is 0 Å². The zero-order chi connectivity index (χ0) is 16.8. The van der Waals surface area contributed by atoms with Gasteiger partial charge in [-0.1, -0.05) is 54.6 Å². The lowest BCUT2D eigenvalue weighted by atomic mass is 10.1. The average Bonchev–Trinajstić information content (AvgIpc) is 3.42. The summed E-state index contributed by atoms with van der Waals surface area (Å²) >= 11 is 0. The summed E-state index contributed by atoms with van der Waals surface area (Å²) in [6, 6.07) is 19.2. The van der Waals surface area contributed by atoms with Crippen LogP contribution in [0.1, 0.15) is 29.5 Å². The highest BCUT2D eigenvalue weighted by Crippen LogP contribution is 2.29. The Balaban J connectivity index is 1.47. The van der Waals surface area contributed by atoms with E-state index in [2.05, 4.69) is 36.1 Å². The minimum Gasteiger partial charge on any atom is -0.389 e. The summed E-state index contributed by atoms with van der Waals surface area (Å²) in [7, 11) is 0. The minimum absolute atomic E-state index is 0.381. The van der Waals surface area contributed by atoms with Gasteiger partial charge in [0.2, 0.25) is 0 Å². The van der Waals surface area contributed by atoms with Crippen LogP contribution in [-0.2, 0) is 17.9 Å². The van der Waals surface area contributed by atoms with Crippen LogP contribution in [0.4, 0.5) is 0 Å². The molecule has 1 N–H and O–H groups in total. The van der Waals surface area contributed by atoms with Crippen LogP contribution in [-0.4, -0.2) is 35.3 Å². The predicted octanol–water partition coefficient (Wildman–Crippen LogP) is 3.54. The Morgan fingerprint density at radius 2 is 1.79 bits per heavy atom. The summed E-state index contributed by atoms with van der Waals surface area (Å²) in [5.74, 6) is 0. The van der Waals surface area contributed by atoms with Crippen LogP contribution in [0.3, 0.4) is 0 Å². The average molecular weight is 325 g/mol. The summed E-state index contributed by atoms with van der Waals surface area (Å²) in [6.07, 6.45) is 2.03. The Morgan fingerprint density at radius 3 is 2.50 bits per heavy atom. The molecule has 2 aromatic carbocycles. The lowest BCUT2D eigenvalue weighted by Crippen LogP contribution is -2.36. The van der Waals surface area contributed by atoms with E-state index in [1.165, 1.54) is 24.0 Å². The standard InChI is InChI=1S/C21H27NO2/c1-17-7-5-6-10-19(17)13-22(20-11-12-20)14-21(23)16-24-15-18-8-3-2-4-9-18/h2-10,20-21,23H,11-16H2,1H3. The van der Waals surface area contributed by atoms with E-state index in [1.807, 2.05) is 30.3 Å². The molecule has 0 aliphatic heterocycles. The van der Waals surface area contributed by atoms with Crippen molar-refractivity contribution >= 4 is 0 Å². The summed E-state index contributed by atoms with van der Waals surface area (Å²) in [4.78, 5) is 2.40. The van der Waals surface area contributed by atoms with Crippen LogP contribution < -0.4 is 0 Å². The van der Waals surface area contributed by atoms with Gasteiger partial charge in [-0.3, -0.25) is 4.90 Å². The third kappa shape index (κ3) is 5.17. The second kappa shape index (κ2) is 8.43. The molecule has 1 saturated carbocycles. The van der Waals surface area contributed by atoms with Gasteiger partial charge in [-0.25, -0.2) is 0 Å². The molecule has 0 heterocycles. The molecule has 0 bridgehead atoms. The van der Waals surface area contributed by atoms with E-state index in [1.54, 1.807) is 0 Å². The predicted molar refractivity (Wildman–Crippen MR) is 96.7 cm³/mol. The molecule has 128 valence electrons. The maximum absolute atomic E-state index is 10.4. The van der Waals surface area contributed by atoms with Gasteiger partial charge in [-0.05, 0) is 36.5 Å². The van der Waals surface area contributed by atoms with Crippen molar-refractivity contribution in [3.63, 3.8) is 0 Å². The molecule has 3 nitrogen and oxygen atoms in total. The molecule has 0 saturated heterocycles. The van der Waals surface area contributed by atoms with Crippen molar-refractivity contribution in [3.8, 4) is 0 Å². The van der Waals surface area contributed by atoms with Gasteiger partial charge in [0, 0.05) is 19.1 Å². The number of nitrogens with zero attached hydrogens (tertiary/aromatic N) is 1. The highest BCUT2D eigenvalue weighted by atomic mass is 16.5. The number of rotatable bonds is 9. The molecule has 0 spiro atoms. The Kier molecular flexibility index (Phi) is 6.02. The molecule has 24 heavy (non-hydrogen) atoms. The van der Waals surface area contributed by atoms with E-state index in [0.717, 1.165) is 12.1 Å². The Hall–Kier alpha value is -1.68. The van der Waals surface area contributed by atoms with Gasteiger partial charge in [-0.2, -0.15) is 0 Å². The first-order chi connectivity index (χ1) is 11.7. The number of aryl methyl sites for hydroxylation is 1. The smallest absolute Gasteiger partial charge is 0.0900 e. The summed E-state index contributed by atoms with van der Waals surface area (Å²) < 4.78 is 5.68. The third-order valence-electron chi connectivity index (χ3n) is 4.57. The molecule has 0 amide bonds. The Morgan fingerprint density at radius 1 is 1.08 bits per heavy atom. The molecule has 1 fully saturated rings. The van der Waals surface area contributed by atoms with Gasteiger partial charge in [-0.15, -0.1) is 0 Å². The van der Waals surface area contributed by atoms with Crippen molar-refractivity contribution in [2.24, 2.45) is 0 Å². The summed E-state index contributed by atoms with van der Waals surface area (Å²) in [6.45, 7) is 4.67. The van der Waals surface area contributed by atoms with Gasteiger partial charge in [0.15, 0.2) is 0 Å². The lowest BCUT2D eigenvalue weighted by molar-refractivity contribution is 0.00703. The minimum atomic E-state index is -0.446. The molecule has 1 unspecified atom stereocenters. The van der Waals surface area contributed by atoms with Crippen molar-refractivity contribution < 1.29 is 9.84 Å². The van der Waals surface area contributed by atoms with Gasteiger partial charge < -0.3 is 9.84 Å². The summed E-state index contributed by atoms with van der Waals surface area (Å²) in [5.41, 5.74) is 3.81. The fourth-order valence-electron chi connectivity index (χ4n) is 3.00. The Bertz CT molecular complexity index is 625. The number of hydrogen-bond donors (Lipinski definition) is 1. The number of benzene rings is 2. The topological polar surface area (TPSA) is 32.7 Å². The van der Waals surface area contributed by atoms with Crippen LogP contribution in [0, 0.1) is 6.92 Å². The third-order valence-corrected chi connectivity index (χ3v) is 4.57. The van der Waals surface area contributed by atoms with E-state index in [0.29, 0.717) is 25.8 Å². The SMILES string of the molecule is Cc1ccccc1CN(CC(O)COCc1ccccc1)C1CC1. The van der Waals surface area contributed by atoms with E-state index in [4.69, 9.17) is 4.74 Å². The highest BCUT2D eigenvalue weighted by molar-refractivity contribution is 5.25. The molecule has 3 heteroatoms. The van der Waals surface area contributed by atoms with Crippen molar-refractivity contribution in [3.05, 3.63) is 71.3 Å². The number of hydrogen-bond acceptors (Lipinski definition) is 3. The van der Waals surface area contributed by atoms with Crippen molar-refractivity contribution in [2.75, 3.05) is 13.2 Å². The van der Waals surface area contributed by atoms with Crippen LogP contribution in [0.25, 0.3) is 0 Å². The molecule has 1 atom stereocenters. The zero-order valence-corrected chi connectivity index (χ0v) is 14.4. The molecule has 1 aliphatic rings. The maximum atomic E-state index is 10.4. The monoisotopic (exact) mass is 325 g/mol. The van der Waals surface area contributed by atoms with Gasteiger partial charge >= 0.3 is 0 Å². The van der Waals surface area contributed by atoms with Crippen LogP contribution in [0.15, 0.2) is 54.6 Å². The second-order valence-corrected chi connectivity index (χ2v) is 6.74. The number of aliphatic hydroxyl groups is 1. The van der Waals surface area contributed by atoms with E-state index >= 15 is 0 Å². The quantitative estimate of drug-likeness (QED) is 0.765. The van der Waals surface area contributed by atoms with Crippen LogP contribution >= 0.6 is 0 Å². The van der Waals surface area contributed by atoms with Crippen molar-refractivity contribution in [1.82, 2.24) is 4.90 Å². The molecule has 2 aromatic rings. The van der Waals surface area contributed by atoms with Crippen molar-refractivity contribution in [2.45, 2.75) is 45.1 Å². The number of ether oxygens (including phenoxy) is 1. The van der Waals surface area contributed by atoms with E-state index < -0.39 is 6.10 Å². The summed E-state index contributed by atoms with van der Waals surface area (Å²) in [5, 5.41) is 10.4. The number of aliphatic hydroxyl groups excluding tert-OH is 1. The lowest BCUT2D eigenvalue weighted by Gasteiger charge is -2.25. The second-order valence-electron chi connectivity index (χ2n) is 6.74. The van der Waals surface area contributed by atoms with E-state index in [9.17, 15) is 5.11 Å². The largest absolute Gasteiger partial charge is 0.389 e. The fourth-order valence-corrected chi connectivity index (χ4v) is 3.00. The highest BCUT2D eigenvalue weighted by Gasteiger charge is 2.30. The molecule has 0 aromatic heterocycles. The van der Waals surface area contributed by atoms with E-state index in [-0.39, 0.29) is 0 Å². The molecule has 3 rings (SSSR count). The van der Waals surface area contributed by atoms with Crippen molar-refractivity contribution in [1.29, 1.82) is 0 Å². The molecule has 1 aliphatic carbocycles. The Labute approximate surface area is 144 Å². The first-order valence-corrected chi connectivity index (χ1v) is 8.80. The molecular weight excluding hydrogens is 298 g/mol. The molecular formula is C21H27NO2. The van der Waals surface area contributed by atoms with Crippen LogP contribution in [0.2, 0.25) is 0 Å². The first kappa shape index (κ1) is 17.2. The van der Waals surface area contributed by atoms with Gasteiger partial charge in [0.25, 0.3) is 0 Å². The fraction of sp³-hybridized carbons (Fsp3) is 0.429. The van der Waals surface area contributed by atoms with Gasteiger partial charge in [0.05, 0.1) is 19.3 Å². The first-order valence-electron chi connectivity index (χ1n) is 8.80. The maximum Gasteiger partial charge on any atom is 0.0900 e. The van der Waals surface area contributed by atoms with Crippen LogP contribution in [0.5, 0.6) is 0 Å². The molecule has 0 radical (unpaired) electrons.